The largest absolute Gasteiger partial charge is 0.494 e. The number of aliphatic hydroxyl groups is 1. The Balaban J connectivity index is 0.00000300. The molecule has 2 aromatic carbocycles. The Hall–Kier alpha value is -1.87. The predicted octanol–water partition coefficient (Wildman–Crippen LogP) is 3.90. The zero-order valence-electron chi connectivity index (χ0n) is 17.0. The van der Waals surface area contributed by atoms with Gasteiger partial charge < -0.3 is 20.5 Å². The highest BCUT2D eigenvalue weighted by Gasteiger charge is 2.36. The first-order chi connectivity index (χ1) is 13.5. The summed E-state index contributed by atoms with van der Waals surface area (Å²) in [7, 11) is 1.45. The lowest BCUT2D eigenvalue weighted by Gasteiger charge is -2.24. The minimum atomic E-state index is -0.950. The van der Waals surface area contributed by atoms with E-state index >= 15 is 0 Å². The van der Waals surface area contributed by atoms with Gasteiger partial charge in [-0.15, -0.1) is 24.0 Å². The lowest BCUT2D eigenvalue weighted by Crippen LogP contribution is -2.40. The van der Waals surface area contributed by atoms with Gasteiger partial charge in [-0.1, -0.05) is 30.3 Å². The first-order valence-electron chi connectivity index (χ1n) is 9.66. The van der Waals surface area contributed by atoms with Gasteiger partial charge in [-0.3, -0.25) is 0 Å². The monoisotopic (exact) mass is 513 g/mol. The van der Waals surface area contributed by atoms with Gasteiger partial charge in [-0.25, -0.2) is 9.38 Å². The van der Waals surface area contributed by atoms with E-state index in [2.05, 4.69) is 21.7 Å². The smallest absolute Gasteiger partial charge is 0.191 e. The molecule has 0 aliphatic heterocycles. The van der Waals surface area contributed by atoms with Gasteiger partial charge in [0.1, 0.15) is 5.60 Å². The number of benzene rings is 2. The average Bonchev–Trinajstić information content (AvgIpc) is 3.04. The zero-order valence-corrected chi connectivity index (χ0v) is 19.4. The van der Waals surface area contributed by atoms with Gasteiger partial charge in [0.05, 0.1) is 19.7 Å². The van der Waals surface area contributed by atoms with Crippen molar-refractivity contribution in [2.75, 3.05) is 20.2 Å². The van der Waals surface area contributed by atoms with Gasteiger partial charge in [-0.05, 0) is 55.5 Å². The molecule has 7 heteroatoms. The normalized spacial score (nSPS) is 19.1. The maximum absolute atomic E-state index is 14.0. The molecule has 2 atom stereocenters. The average molecular weight is 513 g/mol. The Kier molecular flexibility index (Phi) is 8.27. The first kappa shape index (κ1) is 23.4. The van der Waals surface area contributed by atoms with Gasteiger partial charge >= 0.3 is 0 Å². The highest BCUT2D eigenvalue weighted by atomic mass is 127. The standard InChI is InChI=1S/C22H28FN3O2.HI/c1-4-24-21(26-15(2)17-9-10-20(28-3)19(23)13-17)25-14-22(27)12-11-16-7-5-6-8-18(16)22;/h5-10,13,15,27H,4,11-12,14H2,1-3H3,(H2,24,25,26);1H. The van der Waals surface area contributed by atoms with Crippen LogP contribution in [-0.2, 0) is 12.0 Å². The molecule has 0 fully saturated rings. The molecule has 1 aliphatic rings. The van der Waals surface area contributed by atoms with Crippen molar-refractivity contribution >= 4 is 29.9 Å². The molecule has 2 aromatic rings. The molecule has 5 nitrogen and oxygen atoms in total. The lowest BCUT2D eigenvalue weighted by atomic mass is 9.96. The topological polar surface area (TPSA) is 65.9 Å². The number of halogens is 2. The van der Waals surface area contributed by atoms with Crippen LogP contribution in [0.15, 0.2) is 47.5 Å². The molecule has 0 spiro atoms. The Morgan fingerprint density at radius 1 is 1.31 bits per heavy atom. The molecule has 0 aromatic heterocycles. The van der Waals surface area contributed by atoms with Crippen molar-refractivity contribution in [3.8, 4) is 5.75 Å². The van der Waals surface area contributed by atoms with Crippen molar-refractivity contribution in [2.45, 2.75) is 38.3 Å². The van der Waals surface area contributed by atoms with Gasteiger partial charge in [0.2, 0.25) is 0 Å². The molecule has 0 bridgehead atoms. The van der Waals surface area contributed by atoms with Crippen LogP contribution < -0.4 is 15.4 Å². The highest BCUT2D eigenvalue weighted by molar-refractivity contribution is 14.0. The number of nitrogens with one attached hydrogen (secondary N) is 2. The fourth-order valence-electron chi connectivity index (χ4n) is 3.60. The third-order valence-corrected chi connectivity index (χ3v) is 5.20. The van der Waals surface area contributed by atoms with Crippen molar-refractivity contribution in [1.29, 1.82) is 0 Å². The molecule has 0 amide bonds. The summed E-state index contributed by atoms with van der Waals surface area (Å²) in [5, 5.41) is 17.6. The maximum Gasteiger partial charge on any atom is 0.191 e. The summed E-state index contributed by atoms with van der Waals surface area (Å²) in [5.74, 6) is 0.412. The van der Waals surface area contributed by atoms with Crippen LogP contribution in [0, 0.1) is 5.82 Å². The number of guanidine groups is 1. The van der Waals surface area contributed by atoms with E-state index in [1.54, 1.807) is 6.07 Å². The second-order valence-corrected chi connectivity index (χ2v) is 7.14. The summed E-state index contributed by atoms with van der Waals surface area (Å²) in [6.07, 6.45) is 1.52. The van der Waals surface area contributed by atoms with E-state index in [9.17, 15) is 9.50 Å². The van der Waals surface area contributed by atoms with Crippen LogP contribution >= 0.6 is 24.0 Å². The maximum atomic E-state index is 14.0. The van der Waals surface area contributed by atoms with E-state index in [4.69, 9.17) is 4.74 Å². The number of aliphatic imine (C=N–C) groups is 1. The summed E-state index contributed by atoms with van der Waals surface area (Å²) >= 11 is 0. The number of hydrogen-bond acceptors (Lipinski definition) is 3. The van der Waals surface area contributed by atoms with Crippen LogP contribution in [0.5, 0.6) is 5.75 Å². The van der Waals surface area contributed by atoms with Crippen LogP contribution in [0.2, 0.25) is 0 Å². The van der Waals surface area contributed by atoms with Gasteiger partial charge in [0.25, 0.3) is 0 Å². The van der Waals surface area contributed by atoms with Crippen molar-refractivity contribution in [3.63, 3.8) is 0 Å². The van der Waals surface area contributed by atoms with Crippen LogP contribution in [0.3, 0.4) is 0 Å². The molecular formula is C22H29FIN3O2. The molecular weight excluding hydrogens is 484 g/mol. The lowest BCUT2D eigenvalue weighted by molar-refractivity contribution is 0.0485. The van der Waals surface area contributed by atoms with E-state index in [-0.39, 0.29) is 42.3 Å². The molecule has 29 heavy (non-hydrogen) atoms. The second-order valence-electron chi connectivity index (χ2n) is 7.14. The molecule has 3 N–H and O–H groups in total. The van der Waals surface area contributed by atoms with E-state index in [1.807, 2.05) is 38.1 Å². The Bertz CT molecular complexity index is 862. The fraction of sp³-hybridized carbons (Fsp3) is 0.409. The number of rotatable bonds is 6. The summed E-state index contributed by atoms with van der Waals surface area (Å²) in [6.45, 7) is 4.87. The highest BCUT2D eigenvalue weighted by Crippen LogP contribution is 2.36. The number of fused-ring (bicyclic) bond motifs is 1. The molecule has 1 aliphatic carbocycles. The SMILES string of the molecule is CCNC(=NCC1(O)CCc2ccccc21)NC(C)c1ccc(OC)c(F)c1.I. The van der Waals surface area contributed by atoms with Gasteiger partial charge in [0, 0.05) is 6.54 Å². The number of aryl methyl sites for hydroxylation is 1. The Morgan fingerprint density at radius 3 is 2.76 bits per heavy atom. The molecule has 3 rings (SSSR count). The first-order valence-corrected chi connectivity index (χ1v) is 9.66. The second kappa shape index (κ2) is 10.2. The predicted molar refractivity (Wildman–Crippen MR) is 125 cm³/mol. The summed E-state index contributed by atoms with van der Waals surface area (Å²) in [4.78, 5) is 4.61. The minimum Gasteiger partial charge on any atom is -0.494 e. The molecule has 0 saturated carbocycles. The minimum absolute atomic E-state index is 0. The third-order valence-electron chi connectivity index (χ3n) is 5.20. The van der Waals surface area contributed by atoms with Crippen LogP contribution in [0.4, 0.5) is 4.39 Å². The van der Waals surface area contributed by atoms with Crippen LogP contribution in [0.1, 0.15) is 43.0 Å². The summed E-state index contributed by atoms with van der Waals surface area (Å²) in [6, 6.07) is 12.7. The van der Waals surface area contributed by atoms with Crippen molar-refractivity contribution < 1.29 is 14.2 Å². The summed E-state index contributed by atoms with van der Waals surface area (Å²) in [5.41, 5.74) is 1.97. The molecule has 158 valence electrons. The van der Waals surface area contributed by atoms with E-state index < -0.39 is 11.4 Å². The molecule has 2 unspecified atom stereocenters. The van der Waals surface area contributed by atoms with E-state index in [0.29, 0.717) is 18.9 Å². The van der Waals surface area contributed by atoms with E-state index in [1.165, 1.54) is 18.7 Å². The Labute approximate surface area is 188 Å². The van der Waals surface area contributed by atoms with Gasteiger partial charge in [-0.2, -0.15) is 0 Å². The number of nitrogens with zero attached hydrogens (tertiary/aromatic N) is 1. The van der Waals surface area contributed by atoms with Crippen LogP contribution in [-0.4, -0.2) is 31.3 Å². The Morgan fingerprint density at radius 2 is 2.07 bits per heavy atom. The third kappa shape index (κ3) is 5.39. The molecule has 0 heterocycles. The quantitative estimate of drug-likeness (QED) is 0.312. The van der Waals surface area contributed by atoms with E-state index in [0.717, 1.165) is 17.5 Å². The van der Waals surface area contributed by atoms with Crippen molar-refractivity contribution in [3.05, 3.63) is 65.0 Å². The van der Waals surface area contributed by atoms with Crippen LogP contribution in [0.25, 0.3) is 0 Å². The zero-order chi connectivity index (χ0) is 20.1. The van der Waals surface area contributed by atoms with Crippen molar-refractivity contribution in [1.82, 2.24) is 10.6 Å². The van der Waals surface area contributed by atoms with Crippen molar-refractivity contribution in [2.24, 2.45) is 4.99 Å². The molecule has 0 saturated heterocycles. The number of ether oxygens (including phenoxy) is 1. The number of hydrogen-bond donors (Lipinski definition) is 3. The summed E-state index contributed by atoms with van der Waals surface area (Å²) < 4.78 is 19.0. The van der Waals surface area contributed by atoms with Gasteiger partial charge in [0.15, 0.2) is 17.5 Å². The molecule has 0 radical (unpaired) electrons. The fourth-order valence-corrected chi connectivity index (χ4v) is 3.60. The number of methoxy groups -OCH3 is 1.